The third-order valence-corrected chi connectivity index (χ3v) is 3.16. The Hall–Kier alpha value is -1.95. The minimum atomic E-state index is -0.409. The van der Waals surface area contributed by atoms with Gasteiger partial charge in [0, 0.05) is 19.0 Å². The summed E-state index contributed by atoms with van der Waals surface area (Å²) in [6.07, 6.45) is 0.288. The Labute approximate surface area is 112 Å². The maximum absolute atomic E-state index is 12.0. The predicted octanol–water partition coefficient (Wildman–Crippen LogP) is 1.38. The third kappa shape index (κ3) is 2.58. The van der Waals surface area contributed by atoms with Crippen LogP contribution in [0.5, 0.6) is 11.5 Å². The van der Waals surface area contributed by atoms with Gasteiger partial charge < -0.3 is 19.9 Å². The molecule has 0 aliphatic carbocycles. The highest BCUT2D eigenvalue weighted by atomic mass is 16.6. The zero-order chi connectivity index (χ0) is 13.8. The van der Waals surface area contributed by atoms with Crippen LogP contribution in [-0.2, 0) is 4.74 Å². The molecule has 1 aliphatic rings. The average molecular weight is 266 g/mol. The van der Waals surface area contributed by atoms with E-state index in [4.69, 9.17) is 19.9 Å². The summed E-state index contributed by atoms with van der Waals surface area (Å²) in [6.45, 7) is 0.763. The standard InChI is InChI=1S/C13H18N2O4/c1-17-10-3-4-12(18-2)11(7-10)15-9(8-14)5-6-19-13(15)16/h3-4,7,9H,5-6,8,14H2,1-2H3. The van der Waals surface area contributed by atoms with Gasteiger partial charge in [0.2, 0.25) is 0 Å². The molecule has 0 radical (unpaired) electrons. The molecule has 104 valence electrons. The molecule has 1 heterocycles. The number of carbonyl (C=O) groups is 1. The fourth-order valence-electron chi connectivity index (χ4n) is 2.13. The van der Waals surface area contributed by atoms with Gasteiger partial charge in [-0.1, -0.05) is 0 Å². The van der Waals surface area contributed by atoms with Crippen molar-refractivity contribution in [2.24, 2.45) is 5.73 Å². The van der Waals surface area contributed by atoms with Crippen molar-refractivity contribution in [1.29, 1.82) is 0 Å². The topological polar surface area (TPSA) is 74.0 Å². The van der Waals surface area contributed by atoms with Crippen LogP contribution < -0.4 is 20.1 Å². The molecule has 19 heavy (non-hydrogen) atoms. The van der Waals surface area contributed by atoms with Gasteiger partial charge >= 0.3 is 6.09 Å². The number of hydrogen-bond acceptors (Lipinski definition) is 5. The first-order valence-electron chi connectivity index (χ1n) is 6.09. The van der Waals surface area contributed by atoms with Crippen LogP contribution in [0.3, 0.4) is 0 Å². The summed E-state index contributed by atoms with van der Waals surface area (Å²) in [7, 11) is 3.12. The number of carbonyl (C=O) groups excluding carboxylic acids is 1. The summed E-state index contributed by atoms with van der Waals surface area (Å²) >= 11 is 0. The van der Waals surface area contributed by atoms with Crippen LogP contribution in [0, 0.1) is 0 Å². The van der Waals surface area contributed by atoms with E-state index < -0.39 is 6.09 Å². The smallest absolute Gasteiger partial charge is 0.414 e. The molecular weight excluding hydrogens is 248 g/mol. The van der Waals surface area contributed by atoms with Gasteiger partial charge in [-0.15, -0.1) is 0 Å². The number of anilines is 1. The number of nitrogens with two attached hydrogens (primary N) is 1. The highest BCUT2D eigenvalue weighted by molar-refractivity contribution is 5.91. The highest BCUT2D eigenvalue weighted by Gasteiger charge is 2.32. The monoisotopic (exact) mass is 266 g/mol. The van der Waals surface area contributed by atoms with Crippen molar-refractivity contribution in [3.63, 3.8) is 0 Å². The lowest BCUT2D eigenvalue weighted by Gasteiger charge is -2.34. The Morgan fingerprint density at radius 3 is 2.84 bits per heavy atom. The summed E-state index contributed by atoms with van der Waals surface area (Å²) in [6, 6.07) is 5.18. The van der Waals surface area contributed by atoms with Gasteiger partial charge in [0.25, 0.3) is 0 Å². The van der Waals surface area contributed by atoms with Crippen molar-refractivity contribution >= 4 is 11.8 Å². The van der Waals surface area contributed by atoms with E-state index in [0.717, 1.165) is 0 Å². The van der Waals surface area contributed by atoms with E-state index >= 15 is 0 Å². The van der Waals surface area contributed by atoms with E-state index in [2.05, 4.69) is 0 Å². The van der Waals surface area contributed by atoms with Crippen molar-refractivity contribution in [2.75, 3.05) is 32.3 Å². The van der Waals surface area contributed by atoms with Crippen LogP contribution >= 0.6 is 0 Å². The van der Waals surface area contributed by atoms with Gasteiger partial charge in [0.1, 0.15) is 11.5 Å². The quantitative estimate of drug-likeness (QED) is 0.891. The van der Waals surface area contributed by atoms with Gasteiger partial charge in [-0.25, -0.2) is 4.79 Å². The molecule has 1 aliphatic heterocycles. The van der Waals surface area contributed by atoms with E-state index in [1.54, 1.807) is 32.4 Å². The molecule has 1 saturated heterocycles. The molecule has 2 N–H and O–H groups in total. The van der Waals surface area contributed by atoms with Crippen molar-refractivity contribution in [1.82, 2.24) is 0 Å². The average Bonchev–Trinajstić information content (AvgIpc) is 2.46. The second-order valence-electron chi connectivity index (χ2n) is 4.20. The van der Waals surface area contributed by atoms with Crippen molar-refractivity contribution in [2.45, 2.75) is 12.5 Å². The van der Waals surface area contributed by atoms with Crippen LogP contribution in [-0.4, -0.2) is 39.5 Å². The van der Waals surface area contributed by atoms with Gasteiger partial charge in [-0.3, -0.25) is 4.90 Å². The lowest BCUT2D eigenvalue weighted by Crippen LogP contribution is -2.49. The highest BCUT2D eigenvalue weighted by Crippen LogP contribution is 2.35. The molecule has 1 atom stereocenters. The molecule has 0 aromatic heterocycles. The van der Waals surface area contributed by atoms with Crippen LogP contribution in [0.15, 0.2) is 18.2 Å². The number of ether oxygens (including phenoxy) is 3. The zero-order valence-corrected chi connectivity index (χ0v) is 11.1. The maximum atomic E-state index is 12.0. The Balaban J connectivity index is 2.44. The Kier molecular flexibility index (Phi) is 4.11. The zero-order valence-electron chi connectivity index (χ0n) is 11.1. The maximum Gasteiger partial charge on any atom is 0.414 e. The molecule has 6 heteroatoms. The fourth-order valence-corrected chi connectivity index (χ4v) is 2.13. The number of hydrogen-bond donors (Lipinski definition) is 1. The summed E-state index contributed by atoms with van der Waals surface area (Å²) in [4.78, 5) is 13.5. The Morgan fingerprint density at radius 2 is 2.21 bits per heavy atom. The minimum absolute atomic E-state index is 0.0951. The van der Waals surface area contributed by atoms with Gasteiger partial charge in [0.15, 0.2) is 0 Å². The van der Waals surface area contributed by atoms with E-state index in [1.165, 1.54) is 4.90 Å². The molecule has 1 fully saturated rings. The van der Waals surface area contributed by atoms with Gasteiger partial charge in [0.05, 0.1) is 32.6 Å². The largest absolute Gasteiger partial charge is 0.497 e. The van der Waals surface area contributed by atoms with Crippen LogP contribution in [0.25, 0.3) is 0 Å². The number of nitrogens with zero attached hydrogens (tertiary/aromatic N) is 1. The third-order valence-electron chi connectivity index (χ3n) is 3.16. The first-order valence-corrected chi connectivity index (χ1v) is 6.09. The number of rotatable bonds is 4. The van der Waals surface area contributed by atoms with Crippen LogP contribution in [0.1, 0.15) is 6.42 Å². The lowest BCUT2D eigenvalue weighted by molar-refractivity contribution is 0.129. The molecular formula is C13H18N2O4. The summed E-state index contributed by atoms with van der Waals surface area (Å²) in [5.74, 6) is 1.23. The number of amides is 1. The van der Waals surface area contributed by atoms with Crippen LogP contribution in [0.4, 0.5) is 10.5 Å². The van der Waals surface area contributed by atoms with Crippen molar-refractivity contribution in [3.8, 4) is 11.5 Å². The Morgan fingerprint density at radius 1 is 1.42 bits per heavy atom. The van der Waals surface area contributed by atoms with Crippen molar-refractivity contribution < 1.29 is 19.0 Å². The number of benzene rings is 1. The molecule has 1 amide bonds. The van der Waals surface area contributed by atoms with Crippen LogP contribution in [0.2, 0.25) is 0 Å². The molecule has 1 aromatic rings. The summed E-state index contributed by atoms with van der Waals surface area (Å²) in [5.41, 5.74) is 6.35. The normalized spacial score (nSPS) is 19.0. The SMILES string of the molecule is COc1ccc(OC)c(N2C(=O)OCCC2CN)c1. The van der Waals surface area contributed by atoms with Gasteiger partial charge in [-0.2, -0.15) is 0 Å². The first kappa shape index (κ1) is 13.5. The second kappa shape index (κ2) is 5.79. The molecule has 0 spiro atoms. The van der Waals surface area contributed by atoms with E-state index in [-0.39, 0.29) is 6.04 Å². The fraction of sp³-hybridized carbons (Fsp3) is 0.462. The molecule has 2 rings (SSSR count). The second-order valence-corrected chi connectivity index (χ2v) is 4.20. The molecule has 0 saturated carbocycles. The molecule has 6 nitrogen and oxygen atoms in total. The van der Waals surface area contributed by atoms with E-state index in [9.17, 15) is 4.79 Å². The first-order chi connectivity index (χ1) is 9.21. The van der Waals surface area contributed by atoms with E-state index in [1.807, 2.05) is 0 Å². The number of cyclic esters (lactones) is 1. The summed E-state index contributed by atoms with van der Waals surface area (Å²) in [5, 5.41) is 0. The Bertz CT molecular complexity index is 464. The molecule has 0 bridgehead atoms. The molecule has 1 unspecified atom stereocenters. The van der Waals surface area contributed by atoms with Gasteiger partial charge in [-0.05, 0) is 12.1 Å². The lowest BCUT2D eigenvalue weighted by atomic mass is 10.1. The minimum Gasteiger partial charge on any atom is -0.497 e. The number of methoxy groups -OCH3 is 2. The molecule has 1 aromatic carbocycles. The predicted molar refractivity (Wildman–Crippen MR) is 70.8 cm³/mol. The van der Waals surface area contributed by atoms with E-state index in [0.29, 0.717) is 36.8 Å². The summed E-state index contributed by atoms with van der Waals surface area (Å²) < 4.78 is 15.6. The van der Waals surface area contributed by atoms with Crippen molar-refractivity contribution in [3.05, 3.63) is 18.2 Å².